The molecule has 1 amide bonds. The predicted molar refractivity (Wildman–Crippen MR) is 131 cm³/mol. The summed E-state index contributed by atoms with van der Waals surface area (Å²) in [6.07, 6.45) is 2.64. The topological polar surface area (TPSA) is 117 Å². The number of hydrogen-bond donors (Lipinski definition) is 1. The van der Waals surface area contributed by atoms with Crippen molar-refractivity contribution >= 4 is 34.9 Å². The van der Waals surface area contributed by atoms with Crippen molar-refractivity contribution < 1.29 is 27.2 Å². The van der Waals surface area contributed by atoms with Gasteiger partial charge in [-0.1, -0.05) is 25.6 Å². The third kappa shape index (κ3) is 6.18. The summed E-state index contributed by atoms with van der Waals surface area (Å²) in [6, 6.07) is 5.21. The zero-order chi connectivity index (χ0) is 25.1. The number of sulfone groups is 1. The lowest BCUT2D eigenvalue weighted by molar-refractivity contribution is -0.201. The Labute approximate surface area is 200 Å². The van der Waals surface area contributed by atoms with Crippen molar-refractivity contribution in [1.82, 2.24) is 10.0 Å². The molecule has 2 aromatic rings. The van der Waals surface area contributed by atoms with Crippen LogP contribution in [0.3, 0.4) is 0 Å². The molecule has 1 saturated heterocycles. The van der Waals surface area contributed by atoms with Crippen LogP contribution in [0.2, 0.25) is 19.6 Å². The van der Waals surface area contributed by atoms with E-state index in [9.17, 15) is 18.0 Å². The van der Waals surface area contributed by atoms with Gasteiger partial charge in [0.15, 0.2) is 26.5 Å². The van der Waals surface area contributed by atoms with Gasteiger partial charge in [0, 0.05) is 31.4 Å². The fourth-order valence-corrected chi connectivity index (χ4v) is 4.80. The molecule has 1 aromatic carbocycles. The van der Waals surface area contributed by atoms with Crippen LogP contribution in [0.4, 0.5) is 0 Å². The maximum absolute atomic E-state index is 12.9. The van der Waals surface area contributed by atoms with E-state index in [0.29, 0.717) is 24.1 Å². The fraction of sp³-hybridized carbons (Fsp3) is 0.565. The fourth-order valence-electron chi connectivity index (χ4n) is 3.44. The van der Waals surface area contributed by atoms with Crippen LogP contribution >= 0.6 is 0 Å². The van der Waals surface area contributed by atoms with Crippen molar-refractivity contribution in [2.75, 3.05) is 12.9 Å². The number of carbonyl (C=O) groups is 1. The Bertz CT molecular complexity index is 1270. The first-order valence-electron chi connectivity index (χ1n) is 11.2. The van der Waals surface area contributed by atoms with Crippen LogP contribution in [-0.2, 0) is 30.8 Å². The monoisotopic (exact) mass is 508 g/mol. The van der Waals surface area contributed by atoms with E-state index in [-0.39, 0.29) is 13.0 Å². The van der Waals surface area contributed by atoms with Gasteiger partial charge >= 0.3 is 5.76 Å². The number of hydrogen-bond acceptors (Lipinski definition) is 7. The van der Waals surface area contributed by atoms with Gasteiger partial charge in [0.05, 0.1) is 5.52 Å². The molecule has 1 unspecified atom stereocenters. The number of ether oxygens (including phenoxy) is 1. The number of aryl methyl sites for hydroxylation is 1. The maximum Gasteiger partial charge on any atom is 0.419 e. The van der Waals surface area contributed by atoms with Gasteiger partial charge in [0.2, 0.25) is 0 Å². The quantitative estimate of drug-likeness (QED) is 0.347. The molecule has 2 heterocycles. The smallest absolute Gasteiger partial charge is 0.408 e. The number of rotatable bonds is 7. The Hall–Kier alpha value is -2.39. The lowest BCUT2D eigenvalue weighted by Gasteiger charge is -2.28. The lowest BCUT2D eigenvalue weighted by atomic mass is 10.1. The second-order valence-electron chi connectivity index (χ2n) is 9.80. The number of nitrogens with one attached hydrogen (secondary N) is 1. The Balaban J connectivity index is 1.80. The highest BCUT2D eigenvalue weighted by molar-refractivity contribution is 7.92. The number of amides is 1. The minimum atomic E-state index is -3.86. The number of carbonyl (C=O) groups excluding carboxylic acids is 1. The Morgan fingerprint density at radius 2 is 2.06 bits per heavy atom. The number of benzene rings is 1. The van der Waals surface area contributed by atoms with Gasteiger partial charge < -0.3 is 9.15 Å². The molecule has 1 fully saturated rings. The van der Waals surface area contributed by atoms with Gasteiger partial charge in [-0.25, -0.2) is 23.5 Å². The number of aromatic nitrogens is 1. The highest BCUT2D eigenvalue weighted by Gasteiger charge is 2.44. The largest absolute Gasteiger partial charge is 0.419 e. The van der Waals surface area contributed by atoms with Crippen molar-refractivity contribution in [3.8, 4) is 11.5 Å². The molecule has 0 spiro atoms. The van der Waals surface area contributed by atoms with E-state index in [2.05, 4.69) is 36.6 Å². The van der Waals surface area contributed by atoms with Gasteiger partial charge in [-0.3, -0.25) is 9.36 Å². The molecular formula is C23H32N2O7SSi. The zero-order valence-corrected chi connectivity index (χ0v) is 22.1. The van der Waals surface area contributed by atoms with Crippen molar-refractivity contribution in [3.63, 3.8) is 0 Å². The SMILES string of the molecule is C[C@@](CCn1c(=O)oc2cc(C#C[Si](C)(C)C)ccc21)(C(=O)NOC1CCCCO1)S(C)(=O)=O. The summed E-state index contributed by atoms with van der Waals surface area (Å²) >= 11 is 0. The van der Waals surface area contributed by atoms with E-state index < -0.39 is 40.6 Å². The molecule has 1 aliphatic rings. The van der Waals surface area contributed by atoms with Gasteiger partial charge in [0.25, 0.3) is 5.91 Å². The van der Waals surface area contributed by atoms with Gasteiger partial charge in [-0.05, 0) is 44.4 Å². The molecule has 1 aliphatic heterocycles. The standard InChI is InChI=1S/C23H32N2O7SSi/c1-23(33(2,28)29,21(26)24-32-20-8-6-7-14-30-20)12-13-25-18-10-9-17(11-15-34(3,4)5)16-19(18)31-22(25)27/h9-10,16,20H,6-8,12-14H2,1-5H3,(H,24,26)/t20?,23-/m1/s1. The van der Waals surface area contributed by atoms with Crippen LogP contribution < -0.4 is 11.2 Å². The number of oxazole rings is 1. The van der Waals surface area contributed by atoms with Crippen LogP contribution in [-0.4, -0.2) is 50.9 Å². The molecule has 0 saturated carbocycles. The molecule has 9 nitrogen and oxygen atoms in total. The lowest BCUT2D eigenvalue weighted by Crippen LogP contribution is -2.51. The van der Waals surface area contributed by atoms with Crippen molar-refractivity contribution in [1.29, 1.82) is 0 Å². The third-order valence-electron chi connectivity index (χ3n) is 5.78. The molecule has 0 bridgehead atoms. The minimum Gasteiger partial charge on any atom is -0.408 e. The third-order valence-corrected chi connectivity index (χ3v) is 8.68. The van der Waals surface area contributed by atoms with E-state index in [0.717, 1.165) is 24.7 Å². The Morgan fingerprint density at radius 1 is 1.32 bits per heavy atom. The van der Waals surface area contributed by atoms with E-state index in [1.165, 1.54) is 11.5 Å². The molecule has 34 heavy (non-hydrogen) atoms. The molecule has 1 N–H and O–H groups in total. The predicted octanol–water partition coefficient (Wildman–Crippen LogP) is 2.59. The summed E-state index contributed by atoms with van der Waals surface area (Å²) in [7, 11) is -5.42. The van der Waals surface area contributed by atoms with Crippen LogP contribution in [0.1, 0.15) is 38.2 Å². The van der Waals surface area contributed by atoms with Gasteiger partial charge in [0.1, 0.15) is 8.07 Å². The van der Waals surface area contributed by atoms with E-state index in [4.69, 9.17) is 14.0 Å². The molecule has 2 atom stereocenters. The number of hydroxylamine groups is 1. The summed E-state index contributed by atoms with van der Waals surface area (Å²) in [6.45, 7) is 8.21. The molecule has 1 aromatic heterocycles. The first-order valence-corrected chi connectivity index (χ1v) is 16.6. The van der Waals surface area contributed by atoms with E-state index in [1.807, 2.05) is 0 Å². The number of fused-ring (bicyclic) bond motifs is 1. The molecular weight excluding hydrogens is 476 g/mol. The average molecular weight is 509 g/mol. The normalized spacial score (nSPS) is 18.7. The molecule has 0 radical (unpaired) electrons. The van der Waals surface area contributed by atoms with Crippen LogP contribution in [0.15, 0.2) is 27.4 Å². The average Bonchev–Trinajstić information content (AvgIpc) is 3.07. The molecule has 11 heteroatoms. The van der Waals surface area contributed by atoms with Crippen molar-refractivity contribution in [3.05, 3.63) is 34.3 Å². The number of nitrogens with zero attached hydrogens (tertiary/aromatic N) is 1. The van der Waals surface area contributed by atoms with Crippen LogP contribution in [0.25, 0.3) is 11.1 Å². The van der Waals surface area contributed by atoms with E-state index >= 15 is 0 Å². The first-order chi connectivity index (χ1) is 15.8. The summed E-state index contributed by atoms with van der Waals surface area (Å²) < 4.78 is 35.4. The maximum atomic E-state index is 12.9. The minimum absolute atomic E-state index is 0.0390. The Morgan fingerprint density at radius 3 is 2.68 bits per heavy atom. The second-order valence-corrected chi connectivity index (χ2v) is 17.0. The van der Waals surface area contributed by atoms with Crippen molar-refractivity contribution in [2.45, 2.75) is 69.8 Å². The van der Waals surface area contributed by atoms with Gasteiger partial charge in [-0.15, -0.1) is 5.54 Å². The summed E-state index contributed by atoms with van der Waals surface area (Å²) in [4.78, 5) is 30.7. The van der Waals surface area contributed by atoms with E-state index in [1.54, 1.807) is 18.2 Å². The van der Waals surface area contributed by atoms with Gasteiger partial charge in [-0.2, -0.15) is 0 Å². The first kappa shape index (κ1) is 26.2. The summed E-state index contributed by atoms with van der Waals surface area (Å²) in [5.74, 6) is 1.68. The Kier molecular flexibility index (Phi) is 7.77. The molecule has 0 aliphatic carbocycles. The molecule has 3 rings (SSSR count). The summed E-state index contributed by atoms with van der Waals surface area (Å²) in [5, 5.41) is 0. The second kappa shape index (κ2) is 10.1. The highest BCUT2D eigenvalue weighted by atomic mass is 32.2. The van der Waals surface area contributed by atoms with Crippen LogP contribution in [0.5, 0.6) is 0 Å². The molecule has 186 valence electrons. The van der Waals surface area contributed by atoms with Crippen LogP contribution in [0, 0.1) is 11.5 Å². The zero-order valence-electron chi connectivity index (χ0n) is 20.3. The summed E-state index contributed by atoms with van der Waals surface area (Å²) in [5.41, 5.74) is 7.11. The van der Waals surface area contributed by atoms with Crippen molar-refractivity contribution in [2.24, 2.45) is 0 Å². The highest BCUT2D eigenvalue weighted by Crippen LogP contribution is 2.24.